The molecule has 1 heterocycles. The molecule has 0 aliphatic carbocycles. The first-order valence-corrected chi connectivity index (χ1v) is 3.22. The number of hydrogen-bond acceptors (Lipinski definition) is 2. The maximum atomic E-state index is 13.0. The first-order valence-electron chi connectivity index (χ1n) is 3.22. The number of piperidine rings is 1. The Morgan fingerprint density at radius 2 is 2.00 bits per heavy atom. The fraction of sp³-hybridized carbons (Fsp3) is 1.00. The Hall–Kier alpha value is -0.150. The fourth-order valence-corrected chi connectivity index (χ4v) is 1.00. The molecule has 1 aliphatic rings. The minimum absolute atomic E-state index is 0.476. The Kier molecular flexibility index (Phi) is 2.03. The van der Waals surface area contributed by atoms with Crippen LogP contribution in [0.1, 0.15) is 12.8 Å². The molecule has 0 spiro atoms. The summed E-state index contributed by atoms with van der Waals surface area (Å²) in [6.07, 6.45) is 0.951. The van der Waals surface area contributed by atoms with Crippen LogP contribution in [0.2, 0.25) is 0 Å². The highest BCUT2D eigenvalue weighted by Gasteiger charge is 2.30. The average Bonchev–Trinajstić information content (AvgIpc) is 1.90. The van der Waals surface area contributed by atoms with E-state index in [0.29, 0.717) is 12.8 Å². The van der Waals surface area contributed by atoms with Crippen LogP contribution in [0.25, 0.3) is 0 Å². The van der Waals surface area contributed by atoms with Crippen LogP contribution in [-0.2, 0) is 4.74 Å². The van der Waals surface area contributed by atoms with Crippen molar-refractivity contribution in [1.82, 2.24) is 5.32 Å². The maximum absolute atomic E-state index is 13.0. The van der Waals surface area contributed by atoms with Gasteiger partial charge in [-0.15, -0.1) is 0 Å². The average molecular weight is 133 g/mol. The Labute approximate surface area is 54.4 Å². The van der Waals surface area contributed by atoms with Crippen LogP contribution < -0.4 is 5.32 Å². The van der Waals surface area contributed by atoms with Crippen molar-refractivity contribution in [3.05, 3.63) is 0 Å². The van der Waals surface area contributed by atoms with E-state index in [1.807, 2.05) is 0 Å². The number of ether oxygens (including phenoxy) is 1. The van der Waals surface area contributed by atoms with Gasteiger partial charge in [0.05, 0.1) is 0 Å². The van der Waals surface area contributed by atoms with Gasteiger partial charge in [-0.2, -0.15) is 0 Å². The van der Waals surface area contributed by atoms with E-state index >= 15 is 0 Å². The van der Waals surface area contributed by atoms with Gasteiger partial charge in [0.25, 0.3) is 0 Å². The largest absolute Gasteiger partial charge is 0.349 e. The van der Waals surface area contributed by atoms with Crippen molar-refractivity contribution < 1.29 is 9.13 Å². The molecule has 0 saturated carbocycles. The molecule has 1 N–H and O–H groups in total. The number of rotatable bonds is 1. The number of hydrogen-bond donors (Lipinski definition) is 1. The summed E-state index contributed by atoms with van der Waals surface area (Å²) < 4.78 is 17.7. The third-order valence-electron chi connectivity index (χ3n) is 1.72. The highest BCUT2D eigenvalue weighted by molar-refractivity contribution is 4.75. The van der Waals surface area contributed by atoms with Gasteiger partial charge in [0.1, 0.15) is 0 Å². The first-order chi connectivity index (χ1) is 4.27. The molecule has 0 aromatic rings. The van der Waals surface area contributed by atoms with E-state index < -0.39 is 5.85 Å². The lowest BCUT2D eigenvalue weighted by Crippen LogP contribution is -2.39. The predicted octanol–water partition coefficient (Wildman–Crippen LogP) is 0.682. The molecule has 0 atom stereocenters. The van der Waals surface area contributed by atoms with E-state index in [4.69, 9.17) is 0 Å². The normalized spacial score (nSPS) is 26.0. The quantitative estimate of drug-likeness (QED) is 0.568. The highest BCUT2D eigenvalue weighted by Crippen LogP contribution is 2.22. The molecule has 0 aromatic heterocycles. The Morgan fingerprint density at radius 1 is 1.44 bits per heavy atom. The first kappa shape index (κ1) is 6.96. The van der Waals surface area contributed by atoms with Crippen LogP contribution in [0.4, 0.5) is 4.39 Å². The fourth-order valence-electron chi connectivity index (χ4n) is 1.00. The smallest absolute Gasteiger partial charge is 0.211 e. The van der Waals surface area contributed by atoms with Crippen LogP contribution in [0.5, 0.6) is 0 Å². The number of methoxy groups -OCH3 is 1. The Bertz CT molecular complexity index is 91.1. The second kappa shape index (κ2) is 2.62. The third-order valence-corrected chi connectivity index (χ3v) is 1.72. The monoisotopic (exact) mass is 133 g/mol. The molecule has 0 bridgehead atoms. The van der Waals surface area contributed by atoms with Crippen molar-refractivity contribution in [3.8, 4) is 0 Å². The van der Waals surface area contributed by atoms with Crippen molar-refractivity contribution >= 4 is 0 Å². The summed E-state index contributed by atoms with van der Waals surface area (Å²) in [6.45, 7) is 1.45. The minimum Gasteiger partial charge on any atom is -0.349 e. The lowest BCUT2D eigenvalue weighted by molar-refractivity contribution is -0.138. The van der Waals surface area contributed by atoms with Gasteiger partial charge < -0.3 is 10.1 Å². The maximum Gasteiger partial charge on any atom is 0.211 e. The highest BCUT2D eigenvalue weighted by atomic mass is 19.2. The lowest BCUT2D eigenvalue weighted by Gasteiger charge is -2.27. The van der Waals surface area contributed by atoms with E-state index in [2.05, 4.69) is 10.1 Å². The summed E-state index contributed by atoms with van der Waals surface area (Å²) in [6, 6.07) is 0. The zero-order chi connectivity index (χ0) is 6.74. The zero-order valence-electron chi connectivity index (χ0n) is 5.61. The predicted molar refractivity (Wildman–Crippen MR) is 33.0 cm³/mol. The molecule has 1 fully saturated rings. The van der Waals surface area contributed by atoms with Crippen molar-refractivity contribution in [2.75, 3.05) is 20.2 Å². The Morgan fingerprint density at radius 3 is 2.33 bits per heavy atom. The van der Waals surface area contributed by atoms with Gasteiger partial charge in [0.2, 0.25) is 5.85 Å². The van der Waals surface area contributed by atoms with Crippen molar-refractivity contribution in [2.45, 2.75) is 18.7 Å². The molecule has 1 aliphatic heterocycles. The molecule has 2 nitrogen and oxygen atoms in total. The molecular weight excluding hydrogens is 121 g/mol. The van der Waals surface area contributed by atoms with Crippen LogP contribution in [0, 0.1) is 0 Å². The summed E-state index contributed by atoms with van der Waals surface area (Å²) in [5.41, 5.74) is 0. The second-order valence-electron chi connectivity index (χ2n) is 2.34. The van der Waals surface area contributed by atoms with Crippen molar-refractivity contribution in [2.24, 2.45) is 0 Å². The van der Waals surface area contributed by atoms with Crippen molar-refractivity contribution in [3.63, 3.8) is 0 Å². The summed E-state index contributed by atoms with van der Waals surface area (Å²) in [7, 11) is 1.42. The summed E-state index contributed by atoms with van der Waals surface area (Å²) in [5, 5.41) is 3.05. The van der Waals surface area contributed by atoms with Gasteiger partial charge in [0.15, 0.2) is 0 Å². The third kappa shape index (κ3) is 1.63. The van der Waals surface area contributed by atoms with Gasteiger partial charge in [-0.05, 0) is 0 Å². The van der Waals surface area contributed by atoms with Gasteiger partial charge in [-0.3, -0.25) is 0 Å². The molecule has 1 rings (SSSR count). The van der Waals surface area contributed by atoms with Crippen LogP contribution in [-0.4, -0.2) is 26.1 Å². The van der Waals surface area contributed by atoms with Crippen LogP contribution in [0.15, 0.2) is 0 Å². The molecule has 0 radical (unpaired) electrons. The lowest BCUT2D eigenvalue weighted by atomic mass is 10.1. The summed E-state index contributed by atoms with van der Waals surface area (Å²) in [4.78, 5) is 0. The molecule has 0 amide bonds. The topological polar surface area (TPSA) is 21.3 Å². The van der Waals surface area contributed by atoms with E-state index in [1.54, 1.807) is 0 Å². The van der Waals surface area contributed by atoms with Crippen LogP contribution >= 0.6 is 0 Å². The SMILES string of the molecule is COC1(F)CCNCC1. The minimum atomic E-state index is -1.34. The molecule has 0 aromatic carbocycles. The Balaban J connectivity index is 2.37. The van der Waals surface area contributed by atoms with E-state index in [0.717, 1.165) is 13.1 Å². The number of halogens is 1. The van der Waals surface area contributed by atoms with E-state index in [-0.39, 0.29) is 0 Å². The number of nitrogens with one attached hydrogen (secondary N) is 1. The molecule has 1 saturated heterocycles. The summed E-state index contributed by atoms with van der Waals surface area (Å²) >= 11 is 0. The molecular formula is C6H12FNO. The molecule has 3 heteroatoms. The zero-order valence-corrected chi connectivity index (χ0v) is 5.61. The van der Waals surface area contributed by atoms with E-state index in [9.17, 15) is 4.39 Å². The van der Waals surface area contributed by atoms with Crippen molar-refractivity contribution in [1.29, 1.82) is 0 Å². The molecule has 0 unspecified atom stereocenters. The van der Waals surface area contributed by atoms with Crippen LogP contribution in [0.3, 0.4) is 0 Å². The van der Waals surface area contributed by atoms with Gasteiger partial charge in [0, 0.05) is 33.0 Å². The van der Waals surface area contributed by atoms with E-state index in [1.165, 1.54) is 7.11 Å². The number of alkyl halides is 1. The molecule has 9 heavy (non-hydrogen) atoms. The molecule has 54 valence electrons. The second-order valence-corrected chi connectivity index (χ2v) is 2.34. The summed E-state index contributed by atoms with van der Waals surface area (Å²) in [5.74, 6) is -1.34. The van der Waals surface area contributed by atoms with Gasteiger partial charge in [-0.25, -0.2) is 4.39 Å². The van der Waals surface area contributed by atoms with Gasteiger partial charge in [-0.1, -0.05) is 0 Å². The standard InChI is InChI=1S/C6H12FNO/c1-9-6(7)2-4-8-5-3-6/h8H,2-5H2,1H3. The van der Waals surface area contributed by atoms with Gasteiger partial charge >= 0.3 is 0 Å².